The van der Waals surface area contributed by atoms with E-state index in [0.717, 1.165) is 4.31 Å². The van der Waals surface area contributed by atoms with Crippen molar-refractivity contribution in [3.8, 4) is 5.75 Å². The van der Waals surface area contributed by atoms with Gasteiger partial charge in [0.25, 0.3) is 5.91 Å². The highest BCUT2D eigenvalue weighted by atomic mass is 32.2. The van der Waals surface area contributed by atoms with E-state index in [4.69, 9.17) is 21.3 Å². The number of hydrogen-bond donors (Lipinski definition) is 4. The molecule has 0 aliphatic carbocycles. The first-order chi connectivity index (χ1) is 19.3. The van der Waals surface area contributed by atoms with Crippen LogP contribution in [0.25, 0.3) is 6.08 Å². The fourth-order valence-corrected chi connectivity index (χ4v) is 5.60. The number of hydrogen-bond acceptors (Lipinski definition) is 7. The molecule has 1 heterocycles. The molecule has 41 heavy (non-hydrogen) atoms. The van der Waals surface area contributed by atoms with Crippen LogP contribution >= 0.6 is 0 Å². The van der Waals surface area contributed by atoms with Crippen molar-refractivity contribution >= 4 is 45.3 Å². The van der Waals surface area contributed by atoms with Gasteiger partial charge in [0, 0.05) is 45.6 Å². The van der Waals surface area contributed by atoms with Gasteiger partial charge in [0.2, 0.25) is 10.0 Å². The van der Waals surface area contributed by atoms with E-state index in [9.17, 15) is 23.1 Å². The first-order valence-corrected chi connectivity index (χ1v) is 14.5. The Balaban J connectivity index is 1.95. The van der Waals surface area contributed by atoms with Crippen LogP contribution in [0.5, 0.6) is 5.75 Å². The molecule has 1 aliphatic rings. The van der Waals surface area contributed by atoms with Crippen molar-refractivity contribution in [3.63, 3.8) is 0 Å². The van der Waals surface area contributed by atoms with E-state index in [1.807, 2.05) is 4.90 Å². The Bertz CT molecular complexity index is 1450. The minimum atomic E-state index is -4.33. The predicted molar refractivity (Wildman–Crippen MR) is 158 cm³/mol. The Hall–Kier alpha value is -4.39. The summed E-state index contributed by atoms with van der Waals surface area (Å²) in [5.41, 5.74) is 6.98. The van der Waals surface area contributed by atoms with Crippen molar-refractivity contribution in [3.05, 3.63) is 65.2 Å². The molecule has 3 rings (SSSR count). The summed E-state index contributed by atoms with van der Waals surface area (Å²) >= 11 is 0. The number of nitrogens with zero attached hydrogens (tertiary/aromatic N) is 3. The van der Waals surface area contributed by atoms with Gasteiger partial charge in [-0.25, -0.2) is 8.42 Å². The summed E-state index contributed by atoms with van der Waals surface area (Å²) in [5, 5.41) is 24.7. The zero-order chi connectivity index (χ0) is 30.3. The topological polar surface area (TPSA) is 181 Å². The van der Waals surface area contributed by atoms with E-state index in [2.05, 4.69) is 0 Å². The fraction of sp³-hybridized carbons (Fsp3) is 0.357. The lowest BCUT2D eigenvalue weighted by Gasteiger charge is -2.33. The van der Waals surface area contributed by atoms with Crippen LogP contribution in [0.1, 0.15) is 41.3 Å². The van der Waals surface area contributed by atoms with Gasteiger partial charge in [-0.3, -0.25) is 24.7 Å². The predicted octanol–water partition coefficient (Wildman–Crippen LogP) is 2.45. The van der Waals surface area contributed by atoms with Gasteiger partial charge in [0.1, 0.15) is 17.7 Å². The van der Waals surface area contributed by atoms with Crippen LogP contribution in [0, 0.1) is 10.8 Å². The maximum absolute atomic E-state index is 13.1. The average Bonchev–Trinajstić information content (AvgIpc) is 2.90. The number of piperidine rings is 1. The zero-order valence-electron chi connectivity index (χ0n) is 23.3. The quantitative estimate of drug-likeness (QED) is 0.229. The Morgan fingerprint density at radius 1 is 1.15 bits per heavy atom. The highest BCUT2D eigenvalue weighted by molar-refractivity contribution is 7.93. The summed E-state index contributed by atoms with van der Waals surface area (Å²) in [4.78, 5) is 27.8. The number of amidine groups is 2. The third-order valence-electron chi connectivity index (χ3n) is 6.52. The number of nitrogens with two attached hydrogens (primary N) is 1. The second kappa shape index (κ2) is 13.3. The minimum absolute atomic E-state index is 0.110. The number of ether oxygens (including phenoxy) is 1. The monoisotopic (exact) mass is 584 g/mol. The first-order valence-electron chi connectivity index (χ1n) is 12.9. The summed E-state index contributed by atoms with van der Waals surface area (Å²) in [6.45, 7) is 2.82. The van der Waals surface area contributed by atoms with Crippen molar-refractivity contribution < 1.29 is 27.9 Å². The lowest BCUT2D eigenvalue weighted by atomic mass is 10.1. The third-order valence-corrected chi connectivity index (χ3v) is 8.16. The molecular weight excluding hydrogens is 548 g/mol. The van der Waals surface area contributed by atoms with E-state index in [1.54, 1.807) is 57.4 Å². The van der Waals surface area contributed by atoms with E-state index >= 15 is 0 Å². The van der Waals surface area contributed by atoms with Gasteiger partial charge in [-0.15, -0.1) is 0 Å². The number of carboxylic acids is 1. The van der Waals surface area contributed by atoms with Crippen LogP contribution in [0.4, 0.5) is 5.69 Å². The molecule has 0 spiro atoms. The highest BCUT2D eigenvalue weighted by Gasteiger charge is 2.28. The third kappa shape index (κ3) is 8.30. The van der Waals surface area contributed by atoms with Crippen LogP contribution < -0.4 is 14.8 Å². The number of likely N-dealkylation sites (tertiary alicyclic amines) is 1. The zero-order valence-corrected chi connectivity index (χ0v) is 24.1. The Morgan fingerprint density at radius 2 is 1.83 bits per heavy atom. The molecule has 0 saturated carbocycles. The molecule has 12 nitrogen and oxygen atoms in total. The summed E-state index contributed by atoms with van der Waals surface area (Å²) in [5.74, 6) is -2.38. The molecule has 1 aliphatic heterocycles. The van der Waals surface area contributed by atoms with Crippen molar-refractivity contribution in [1.82, 2.24) is 9.80 Å². The molecule has 2 aromatic carbocycles. The molecule has 0 radical (unpaired) electrons. The standard InChI is InChI=1S/C28H36N6O6S/c1-19(29)33-14-11-23(12-15-33)40-25-10-9-22(17-24(25)28(37)32(2)3)34(41(38,39)18-26(35)36)13-5-7-20-6-4-8-21(16-20)27(30)31/h4-10,16-17,23,29H,11-15,18H2,1-3H3,(H3,30,31)(H,35,36). The molecule has 0 atom stereocenters. The Labute approximate surface area is 240 Å². The van der Waals surface area contributed by atoms with Gasteiger partial charge in [-0.05, 0) is 36.8 Å². The first kappa shape index (κ1) is 31.1. The number of amides is 1. The number of sulfonamides is 1. The smallest absolute Gasteiger partial charge is 0.320 e. The van der Waals surface area contributed by atoms with Gasteiger partial charge < -0.3 is 25.4 Å². The lowest BCUT2D eigenvalue weighted by Crippen LogP contribution is -2.40. The number of nitrogen functional groups attached to an aromatic ring is 1. The van der Waals surface area contributed by atoms with Gasteiger partial charge in [0.05, 0.1) is 23.6 Å². The number of anilines is 1. The molecule has 1 saturated heterocycles. The Kier molecular flexibility index (Phi) is 10.1. The number of carboxylic acid groups (broad SMARTS) is 1. The largest absolute Gasteiger partial charge is 0.489 e. The fourth-order valence-electron chi connectivity index (χ4n) is 4.38. The van der Waals surface area contributed by atoms with E-state index in [-0.39, 0.29) is 29.7 Å². The molecule has 0 unspecified atom stereocenters. The number of nitrogens with one attached hydrogen (secondary N) is 2. The highest BCUT2D eigenvalue weighted by Crippen LogP contribution is 2.30. The molecule has 0 bridgehead atoms. The van der Waals surface area contributed by atoms with E-state index < -0.39 is 27.7 Å². The second-order valence-corrected chi connectivity index (χ2v) is 11.8. The molecule has 0 aromatic heterocycles. The minimum Gasteiger partial charge on any atom is -0.489 e. The van der Waals surface area contributed by atoms with Gasteiger partial charge in [-0.1, -0.05) is 30.4 Å². The van der Waals surface area contributed by atoms with Gasteiger partial charge in [0.15, 0.2) is 5.75 Å². The molecule has 1 amide bonds. The summed E-state index contributed by atoms with van der Waals surface area (Å²) in [7, 11) is -1.19. The number of benzene rings is 2. The maximum atomic E-state index is 13.1. The average molecular weight is 585 g/mol. The molecule has 220 valence electrons. The molecule has 2 aromatic rings. The summed E-state index contributed by atoms with van der Waals surface area (Å²) in [6.07, 6.45) is 4.31. The van der Waals surface area contributed by atoms with Gasteiger partial charge in [-0.2, -0.15) is 0 Å². The van der Waals surface area contributed by atoms with Crippen LogP contribution in [0.15, 0.2) is 48.5 Å². The van der Waals surface area contributed by atoms with E-state index in [0.29, 0.717) is 48.6 Å². The van der Waals surface area contributed by atoms with Crippen LogP contribution in [0.2, 0.25) is 0 Å². The van der Waals surface area contributed by atoms with Crippen molar-refractivity contribution in [2.45, 2.75) is 25.9 Å². The Morgan fingerprint density at radius 3 is 2.41 bits per heavy atom. The molecule has 1 fully saturated rings. The molecule has 5 N–H and O–H groups in total. The number of carbonyl (C=O) groups is 2. The summed E-state index contributed by atoms with van der Waals surface area (Å²) < 4.78 is 33.4. The SMILES string of the molecule is CC(=N)N1CCC(Oc2ccc(N(CC=Cc3cccc(C(=N)N)c3)S(=O)(=O)CC(=O)O)cc2C(=O)N(C)C)CC1. The lowest BCUT2D eigenvalue weighted by molar-refractivity contribution is -0.134. The normalized spacial score (nSPS) is 14.1. The van der Waals surface area contributed by atoms with Crippen LogP contribution in [-0.4, -0.2) is 92.5 Å². The van der Waals surface area contributed by atoms with E-state index in [1.165, 1.54) is 23.1 Å². The summed E-state index contributed by atoms with van der Waals surface area (Å²) in [6, 6.07) is 11.2. The number of carbonyl (C=O) groups excluding carboxylic acids is 1. The van der Waals surface area contributed by atoms with Crippen LogP contribution in [0.3, 0.4) is 0 Å². The van der Waals surface area contributed by atoms with Gasteiger partial charge >= 0.3 is 5.97 Å². The van der Waals surface area contributed by atoms with Crippen molar-refractivity contribution in [2.75, 3.05) is 43.8 Å². The van der Waals surface area contributed by atoms with Crippen molar-refractivity contribution in [2.24, 2.45) is 5.73 Å². The molecule has 13 heteroatoms. The maximum Gasteiger partial charge on any atom is 0.320 e. The number of aliphatic carboxylic acids is 1. The van der Waals surface area contributed by atoms with Crippen molar-refractivity contribution in [1.29, 1.82) is 10.8 Å². The van der Waals surface area contributed by atoms with Crippen LogP contribution in [-0.2, 0) is 14.8 Å². The second-order valence-electron chi connectivity index (χ2n) is 9.89. The molecular formula is C28H36N6O6S. The number of rotatable bonds is 11.